The molecule has 6 heteroatoms. The number of rotatable bonds is 7. The Morgan fingerprint density at radius 2 is 2.00 bits per heavy atom. The number of nitrogens with zero attached hydrogens (tertiary/aromatic N) is 2. The second kappa shape index (κ2) is 7.94. The van der Waals surface area contributed by atoms with Crippen LogP contribution in [0, 0.1) is 5.92 Å². The molecule has 19 heavy (non-hydrogen) atoms. The lowest BCUT2D eigenvalue weighted by Gasteiger charge is -2.19. The number of nitrogens with one attached hydrogen (secondary N) is 1. The van der Waals surface area contributed by atoms with Crippen LogP contribution >= 0.6 is 27.5 Å². The first-order valence-corrected chi connectivity index (χ1v) is 8.44. The number of halogens is 1. The van der Waals surface area contributed by atoms with Crippen molar-refractivity contribution in [1.29, 1.82) is 0 Å². The Morgan fingerprint density at radius 3 is 2.53 bits per heavy atom. The van der Waals surface area contributed by atoms with Crippen LogP contribution in [0.3, 0.4) is 0 Å². The average molecular weight is 348 g/mol. The molecule has 1 aromatic heterocycles. The van der Waals surface area contributed by atoms with E-state index in [0.29, 0.717) is 22.2 Å². The number of carbonyl (C=O) groups excluding carboxylic acids is 1. The third-order valence-corrected chi connectivity index (χ3v) is 5.10. The van der Waals surface area contributed by atoms with E-state index in [1.165, 1.54) is 11.5 Å². The van der Waals surface area contributed by atoms with Gasteiger partial charge < -0.3 is 5.32 Å². The zero-order chi connectivity index (χ0) is 14.4. The van der Waals surface area contributed by atoms with Crippen LogP contribution in [-0.4, -0.2) is 26.9 Å². The molecule has 0 aromatic carbocycles. The van der Waals surface area contributed by atoms with Crippen LogP contribution in [0.15, 0.2) is 0 Å². The molecule has 1 atom stereocenters. The lowest BCUT2D eigenvalue weighted by atomic mass is 9.99. The fourth-order valence-corrected chi connectivity index (χ4v) is 3.62. The fraction of sp³-hybridized carbons (Fsp3) is 0.769. The van der Waals surface area contributed by atoms with E-state index in [1.54, 1.807) is 0 Å². The highest BCUT2D eigenvalue weighted by molar-refractivity contribution is 9.09. The molecule has 108 valence electrons. The smallest absolute Gasteiger partial charge is 0.264 e. The minimum atomic E-state index is -0.0610. The van der Waals surface area contributed by atoms with Crippen LogP contribution in [0.5, 0.6) is 0 Å². The molecule has 0 fully saturated rings. The highest BCUT2D eigenvalue weighted by Crippen LogP contribution is 2.21. The average Bonchev–Trinajstić information content (AvgIpc) is 2.86. The van der Waals surface area contributed by atoms with Crippen molar-refractivity contribution in [2.75, 3.05) is 6.54 Å². The number of hydrogen-bond donors (Lipinski definition) is 1. The van der Waals surface area contributed by atoms with Crippen molar-refractivity contribution in [1.82, 2.24) is 14.9 Å². The molecule has 0 saturated carbocycles. The maximum atomic E-state index is 12.1. The molecule has 0 bridgehead atoms. The quantitative estimate of drug-likeness (QED) is 0.766. The fourth-order valence-electron chi connectivity index (χ4n) is 1.97. The molecule has 0 saturated heterocycles. The summed E-state index contributed by atoms with van der Waals surface area (Å²) in [5, 5.41) is 7.00. The van der Waals surface area contributed by atoms with Crippen molar-refractivity contribution >= 4 is 33.4 Å². The predicted octanol–water partition coefficient (Wildman–Crippen LogP) is 3.59. The number of alkyl halides is 1. The van der Waals surface area contributed by atoms with Gasteiger partial charge in [0.15, 0.2) is 0 Å². The summed E-state index contributed by atoms with van der Waals surface area (Å²) in [7, 11) is 0. The standard InChI is InChI=1S/C13H22BrN3OS/c1-5-9(6-2)10(14)7-15-13(18)12-11(8(3)4)16-17-19-12/h8-10H,5-7H2,1-4H3,(H,15,18). The predicted molar refractivity (Wildman–Crippen MR) is 83.1 cm³/mol. The summed E-state index contributed by atoms with van der Waals surface area (Å²) in [5.74, 6) is 0.747. The van der Waals surface area contributed by atoms with Crippen LogP contribution < -0.4 is 5.32 Å². The number of hydrogen-bond acceptors (Lipinski definition) is 4. The van der Waals surface area contributed by atoms with Gasteiger partial charge in [-0.25, -0.2) is 0 Å². The topological polar surface area (TPSA) is 54.9 Å². The molecular formula is C13H22BrN3OS. The Kier molecular flexibility index (Phi) is 6.93. The molecule has 1 amide bonds. The molecule has 0 radical (unpaired) electrons. The highest BCUT2D eigenvalue weighted by Gasteiger charge is 2.21. The van der Waals surface area contributed by atoms with Gasteiger partial charge in [0.05, 0.1) is 5.69 Å². The zero-order valence-corrected chi connectivity index (χ0v) is 14.3. The third kappa shape index (κ3) is 4.53. The van der Waals surface area contributed by atoms with Crippen molar-refractivity contribution in [3.63, 3.8) is 0 Å². The second-order valence-electron chi connectivity index (χ2n) is 4.94. The molecule has 1 rings (SSSR count). The van der Waals surface area contributed by atoms with Crippen LogP contribution in [-0.2, 0) is 0 Å². The van der Waals surface area contributed by atoms with Gasteiger partial charge in [-0.1, -0.05) is 61.0 Å². The maximum Gasteiger partial charge on any atom is 0.264 e. The van der Waals surface area contributed by atoms with Crippen LogP contribution in [0.2, 0.25) is 0 Å². The van der Waals surface area contributed by atoms with E-state index in [1.807, 2.05) is 13.8 Å². The number of amides is 1. The van der Waals surface area contributed by atoms with Crippen molar-refractivity contribution in [2.24, 2.45) is 5.92 Å². The van der Waals surface area contributed by atoms with Gasteiger partial charge in [-0.15, -0.1) is 5.10 Å². The number of aromatic nitrogens is 2. The minimum absolute atomic E-state index is 0.0610. The van der Waals surface area contributed by atoms with E-state index >= 15 is 0 Å². The normalized spacial score (nSPS) is 13.0. The Bertz CT molecular complexity index is 404. The molecular weight excluding hydrogens is 326 g/mol. The van der Waals surface area contributed by atoms with Crippen molar-refractivity contribution < 1.29 is 4.79 Å². The van der Waals surface area contributed by atoms with Crippen LogP contribution in [0.4, 0.5) is 0 Å². The summed E-state index contributed by atoms with van der Waals surface area (Å²) in [5.41, 5.74) is 0.788. The van der Waals surface area contributed by atoms with Gasteiger partial charge in [0.2, 0.25) is 0 Å². The summed E-state index contributed by atoms with van der Waals surface area (Å²) in [6.45, 7) is 9.03. The Labute approximate surface area is 127 Å². The summed E-state index contributed by atoms with van der Waals surface area (Å²) in [6, 6.07) is 0. The maximum absolute atomic E-state index is 12.1. The van der Waals surface area contributed by atoms with E-state index in [9.17, 15) is 4.79 Å². The molecule has 4 nitrogen and oxygen atoms in total. The summed E-state index contributed by atoms with van der Waals surface area (Å²) < 4.78 is 3.88. The van der Waals surface area contributed by atoms with E-state index in [-0.39, 0.29) is 11.8 Å². The molecule has 0 aliphatic heterocycles. The minimum Gasteiger partial charge on any atom is -0.350 e. The van der Waals surface area contributed by atoms with Gasteiger partial charge in [-0.05, 0) is 23.4 Å². The van der Waals surface area contributed by atoms with E-state index in [2.05, 4.69) is 44.7 Å². The van der Waals surface area contributed by atoms with E-state index < -0.39 is 0 Å². The van der Waals surface area contributed by atoms with Crippen molar-refractivity contribution in [3.8, 4) is 0 Å². The summed E-state index contributed by atoms with van der Waals surface area (Å²) in [6.07, 6.45) is 2.23. The zero-order valence-electron chi connectivity index (χ0n) is 11.9. The summed E-state index contributed by atoms with van der Waals surface area (Å²) >= 11 is 4.83. The Hall–Kier alpha value is -0.490. The first-order chi connectivity index (χ1) is 9.01. The number of carbonyl (C=O) groups is 1. The Balaban J connectivity index is 2.58. The van der Waals surface area contributed by atoms with Gasteiger partial charge in [0.1, 0.15) is 4.88 Å². The van der Waals surface area contributed by atoms with Gasteiger partial charge in [0.25, 0.3) is 5.91 Å². The highest BCUT2D eigenvalue weighted by atomic mass is 79.9. The summed E-state index contributed by atoms with van der Waals surface area (Å²) in [4.78, 5) is 13.1. The first kappa shape index (κ1) is 16.6. The molecule has 0 spiro atoms. The van der Waals surface area contributed by atoms with E-state index in [4.69, 9.17) is 0 Å². The molecule has 1 heterocycles. The van der Waals surface area contributed by atoms with Gasteiger partial charge in [-0.3, -0.25) is 4.79 Å². The SMILES string of the molecule is CCC(CC)C(Br)CNC(=O)c1snnc1C(C)C. The first-order valence-electron chi connectivity index (χ1n) is 6.75. The monoisotopic (exact) mass is 347 g/mol. The molecule has 1 unspecified atom stereocenters. The lowest BCUT2D eigenvalue weighted by Crippen LogP contribution is -2.33. The van der Waals surface area contributed by atoms with Crippen molar-refractivity contribution in [2.45, 2.75) is 51.3 Å². The van der Waals surface area contributed by atoms with Gasteiger partial charge in [-0.2, -0.15) is 0 Å². The lowest BCUT2D eigenvalue weighted by molar-refractivity contribution is 0.0954. The molecule has 0 aliphatic carbocycles. The largest absolute Gasteiger partial charge is 0.350 e. The van der Waals surface area contributed by atoms with E-state index in [0.717, 1.165) is 18.5 Å². The van der Waals surface area contributed by atoms with Crippen LogP contribution in [0.1, 0.15) is 61.8 Å². The Morgan fingerprint density at radius 1 is 1.37 bits per heavy atom. The third-order valence-electron chi connectivity index (χ3n) is 3.28. The molecule has 0 aliphatic rings. The molecule has 1 aromatic rings. The van der Waals surface area contributed by atoms with Gasteiger partial charge >= 0.3 is 0 Å². The second-order valence-corrected chi connectivity index (χ2v) is 6.87. The van der Waals surface area contributed by atoms with Crippen LogP contribution in [0.25, 0.3) is 0 Å². The van der Waals surface area contributed by atoms with Gasteiger partial charge in [0, 0.05) is 11.4 Å². The van der Waals surface area contributed by atoms with Crippen molar-refractivity contribution in [3.05, 3.63) is 10.6 Å². The molecule has 1 N–H and O–H groups in total.